The van der Waals surface area contributed by atoms with Crippen molar-refractivity contribution in [2.75, 3.05) is 19.1 Å². The Balaban J connectivity index is 2.18. The third kappa shape index (κ3) is 3.48. The Morgan fingerprint density at radius 2 is 1.75 bits per heavy atom. The van der Waals surface area contributed by atoms with Crippen LogP contribution in [-0.2, 0) is 6.54 Å². The van der Waals surface area contributed by atoms with E-state index < -0.39 is 0 Å². The quantitative estimate of drug-likeness (QED) is 0.760. The van der Waals surface area contributed by atoms with Crippen LogP contribution < -0.4 is 9.64 Å². The standard InChI is InChI=1S/C14H13Cl3N2O/c1-19(8-9-3-5-10(20-2)6-4-9)14-12(16)7-11(15)13(17)18-14/h3-7H,8H2,1-2H3. The number of benzene rings is 1. The van der Waals surface area contributed by atoms with Gasteiger partial charge in [0.05, 0.1) is 17.2 Å². The van der Waals surface area contributed by atoms with Crippen molar-refractivity contribution in [3.05, 3.63) is 51.1 Å². The highest BCUT2D eigenvalue weighted by Crippen LogP contribution is 2.31. The summed E-state index contributed by atoms with van der Waals surface area (Å²) in [6, 6.07) is 9.39. The molecule has 0 unspecified atom stereocenters. The van der Waals surface area contributed by atoms with Crippen LogP contribution in [0, 0.1) is 0 Å². The van der Waals surface area contributed by atoms with Gasteiger partial charge < -0.3 is 9.64 Å². The Labute approximate surface area is 133 Å². The van der Waals surface area contributed by atoms with E-state index in [4.69, 9.17) is 39.5 Å². The van der Waals surface area contributed by atoms with Crippen LogP contribution >= 0.6 is 34.8 Å². The van der Waals surface area contributed by atoms with Gasteiger partial charge in [-0.05, 0) is 23.8 Å². The van der Waals surface area contributed by atoms with E-state index in [-0.39, 0.29) is 5.15 Å². The van der Waals surface area contributed by atoms with Crippen LogP contribution in [0.4, 0.5) is 5.82 Å². The highest BCUT2D eigenvalue weighted by Gasteiger charge is 2.12. The fraction of sp³-hybridized carbons (Fsp3) is 0.214. The third-order valence-electron chi connectivity index (χ3n) is 2.81. The van der Waals surface area contributed by atoms with E-state index in [1.165, 1.54) is 0 Å². The first-order chi connectivity index (χ1) is 9.51. The molecule has 1 aromatic heterocycles. The Hall–Kier alpha value is -1.16. The molecule has 3 nitrogen and oxygen atoms in total. The van der Waals surface area contributed by atoms with Crippen LogP contribution in [0.1, 0.15) is 5.56 Å². The minimum absolute atomic E-state index is 0.243. The van der Waals surface area contributed by atoms with Gasteiger partial charge >= 0.3 is 0 Å². The lowest BCUT2D eigenvalue weighted by molar-refractivity contribution is 0.414. The molecule has 0 bridgehead atoms. The summed E-state index contributed by atoms with van der Waals surface area (Å²) in [5.41, 5.74) is 1.11. The zero-order valence-corrected chi connectivity index (χ0v) is 13.3. The van der Waals surface area contributed by atoms with Gasteiger partial charge in [-0.25, -0.2) is 4.98 Å². The number of aromatic nitrogens is 1. The lowest BCUT2D eigenvalue weighted by atomic mass is 10.2. The van der Waals surface area contributed by atoms with Crippen LogP contribution in [0.2, 0.25) is 15.2 Å². The number of rotatable bonds is 4. The third-order valence-corrected chi connectivity index (χ3v) is 3.76. The number of pyridine rings is 1. The topological polar surface area (TPSA) is 25.4 Å². The van der Waals surface area contributed by atoms with Gasteiger partial charge in [-0.15, -0.1) is 0 Å². The molecule has 0 aliphatic rings. The second-order valence-corrected chi connectivity index (χ2v) is 5.44. The van der Waals surface area contributed by atoms with Crippen molar-refractivity contribution in [2.45, 2.75) is 6.54 Å². The van der Waals surface area contributed by atoms with Crippen molar-refractivity contribution in [1.29, 1.82) is 0 Å². The molecule has 2 aromatic rings. The maximum absolute atomic E-state index is 6.14. The molecule has 1 aromatic carbocycles. The molecule has 20 heavy (non-hydrogen) atoms. The van der Waals surface area contributed by atoms with Gasteiger partial charge in [0.25, 0.3) is 0 Å². The fourth-order valence-electron chi connectivity index (χ4n) is 1.78. The molecule has 0 amide bonds. The van der Waals surface area contributed by atoms with Crippen molar-refractivity contribution in [3.8, 4) is 5.75 Å². The maximum Gasteiger partial charge on any atom is 0.150 e. The molecule has 0 N–H and O–H groups in total. The first-order valence-corrected chi connectivity index (χ1v) is 7.00. The predicted octanol–water partition coefficient (Wildman–Crippen LogP) is 4.69. The minimum Gasteiger partial charge on any atom is -0.497 e. The summed E-state index contributed by atoms with van der Waals surface area (Å²) in [6.45, 7) is 0.647. The van der Waals surface area contributed by atoms with Gasteiger partial charge in [0.2, 0.25) is 0 Å². The first kappa shape index (κ1) is 15.2. The van der Waals surface area contributed by atoms with Gasteiger partial charge in [0, 0.05) is 13.6 Å². The first-order valence-electron chi connectivity index (χ1n) is 5.87. The van der Waals surface area contributed by atoms with Crippen molar-refractivity contribution in [2.24, 2.45) is 0 Å². The molecule has 1 heterocycles. The van der Waals surface area contributed by atoms with E-state index in [0.717, 1.165) is 11.3 Å². The maximum atomic E-state index is 6.14. The normalized spacial score (nSPS) is 10.4. The van der Waals surface area contributed by atoms with Gasteiger partial charge in [-0.3, -0.25) is 0 Å². The molecule has 0 aliphatic heterocycles. The molecule has 0 saturated heterocycles. The van der Waals surface area contributed by atoms with E-state index in [9.17, 15) is 0 Å². The number of hydrogen-bond acceptors (Lipinski definition) is 3. The largest absolute Gasteiger partial charge is 0.497 e. The number of nitrogens with zero attached hydrogens (tertiary/aromatic N) is 2. The zero-order chi connectivity index (χ0) is 14.7. The Bertz CT molecular complexity index is 602. The molecule has 0 radical (unpaired) electrons. The number of methoxy groups -OCH3 is 1. The fourth-order valence-corrected chi connectivity index (χ4v) is 2.42. The average molecular weight is 332 g/mol. The SMILES string of the molecule is COc1ccc(CN(C)c2nc(Cl)c(Cl)cc2Cl)cc1. The molecule has 0 aliphatic carbocycles. The highest BCUT2D eigenvalue weighted by atomic mass is 35.5. The smallest absolute Gasteiger partial charge is 0.150 e. The molecule has 0 saturated carbocycles. The van der Waals surface area contributed by atoms with E-state index in [2.05, 4.69) is 4.98 Å². The molecular formula is C14H13Cl3N2O. The lowest BCUT2D eigenvalue weighted by Crippen LogP contribution is -2.18. The molecule has 6 heteroatoms. The van der Waals surface area contributed by atoms with E-state index >= 15 is 0 Å². The highest BCUT2D eigenvalue weighted by molar-refractivity contribution is 6.42. The predicted molar refractivity (Wildman–Crippen MR) is 84.4 cm³/mol. The molecule has 2 rings (SSSR count). The van der Waals surface area contributed by atoms with Gasteiger partial charge in [-0.2, -0.15) is 0 Å². The van der Waals surface area contributed by atoms with Gasteiger partial charge in [0.1, 0.15) is 16.7 Å². The monoisotopic (exact) mass is 330 g/mol. The molecule has 0 atom stereocenters. The van der Waals surface area contributed by atoms with Crippen molar-refractivity contribution >= 4 is 40.6 Å². The van der Waals surface area contributed by atoms with Crippen LogP contribution in [0.3, 0.4) is 0 Å². The second-order valence-electron chi connectivity index (χ2n) is 4.27. The number of halogens is 3. The summed E-state index contributed by atoms with van der Waals surface area (Å²) >= 11 is 17.9. The summed E-state index contributed by atoms with van der Waals surface area (Å²) in [7, 11) is 3.53. The Morgan fingerprint density at radius 3 is 2.35 bits per heavy atom. The Kier molecular flexibility index (Phi) is 4.97. The summed E-state index contributed by atoms with van der Waals surface area (Å²) in [5, 5.41) is 1.06. The molecule has 106 valence electrons. The number of hydrogen-bond donors (Lipinski definition) is 0. The average Bonchev–Trinajstić information content (AvgIpc) is 2.43. The van der Waals surface area contributed by atoms with Crippen molar-refractivity contribution in [1.82, 2.24) is 4.98 Å². The second kappa shape index (κ2) is 6.53. The van der Waals surface area contributed by atoms with Crippen LogP contribution in [0.25, 0.3) is 0 Å². The summed E-state index contributed by atoms with van der Waals surface area (Å²) < 4.78 is 5.13. The van der Waals surface area contributed by atoms with Gasteiger partial charge in [0.15, 0.2) is 0 Å². The number of ether oxygens (including phenoxy) is 1. The van der Waals surface area contributed by atoms with E-state index in [1.807, 2.05) is 36.2 Å². The lowest BCUT2D eigenvalue weighted by Gasteiger charge is -2.20. The Morgan fingerprint density at radius 1 is 1.10 bits per heavy atom. The van der Waals surface area contributed by atoms with Crippen molar-refractivity contribution in [3.63, 3.8) is 0 Å². The van der Waals surface area contributed by atoms with Gasteiger partial charge in [-0.1, -0.05) is 46.9 Å². The summed E-state index contributed by atoms with van der Waals surface area (Å²) in [6.07, 6.45) is 0. The molecule has 0 spiro atoms. The van der Waals surface area contributed by atoms with E-state index in [0.29, 0.717) is 22.4 Å². The van der Waals surface area contributed by atoms with E-state index in [1.54, 1.807) is 13.2 Å². The summed E-state index contributed by atoms with van der Waals surface area (Å²) in [5.74, 6) is 1.42. The minimum atomic E-state index is 0.243. The van der Waals surface area contributed by atoms with Crippen LogP contribution in [-0.4, -0.2) is 19.1 Å². The summed E-state index contributed by atoms with van der Waals surface area (Å²) in [4.78, 5) is 6.11. The molecular weight excluding hydrogens is 319 g/mol. The van der Waals surface area contributed by atoms with Crippen LogP contribution in [0.15, 0.2) is 30.3 Å². The molecule has 0 fully saturated rings. The van der Waals surface area contributed by atoms with Crippen LogP contribution in [0.5, 0.6) is 5.75 Å². The number of anilines is 1. The van der Waals surface area contributed by atoms with Crippen molar-refractivity contribution < 1.29 is 4.74 Å². The zero-order valence-electron chi connectivity index (χ0n) is 11.0.